The Bertz CT molecular complexity index is 329. The molecule has 0 bridgehead atoms. The predicted molar refractivity (Wildman–Crippen MR) is 83.8 cm³/mol. The van der Waals surface area contributed by atoms with Crippen molar-refractivity contribution in [2.75, 3.05) is 45.9 Å². The number of hydrogen-bond acceptors (Lipinski definition) is 3. The zero-order valence-electron chi connectivity index (χ0n) is 13.0. The van der Waals surface area contributed by atoms with Crippen molar-refractivity contribution in [2.24, 2.45) is 10.9 Å². The Morgan fingerprint density at radius 1 is 1.35 bits per heavy atom. The molecule has 0 radical (unpaired) electrons. The average molecular weight is 280 g/mol. The molecule has 1 heterocycles. The summed E-state index contributed by atoms with van der Waals surface area (Å²) in [7, 11) is 0. The second-order valence-corrected chi connectivity index (χ2v) is 5.24. The molecule has 20 heavy (non-hydrogen) atoms. The van der Waals surface area contributed by atoms with E-state index in [-0.39, 0.29) is 0 Å². The van der Waals surface area contributed by atoms with Crippen LogP contribution in [0.2, 0.25) is 0 Å². The zero-order valence-corrected chi connectivity index (χ0v) is 13.0. The maximum atomic E-state index is 5.42. The zero-order chi connectivity index (χ0) is 14.8. The van der Waals surface area contributed by atoms with Crippen LogP contribution in [-0.4, -0.2) is 62.8 Å². The third kappa shape index (κ3) is 5.81. The highest BCUT2D eigenvalue weighted by Crippen LogP contribution is 2.13. The number of guanidine groups is 1. The number of morpholine rings is 1. The van der Waals surface area contributed by atoms with Crippen molar-refractivity contribution in [1.82, 2.24) is 15.5 Å². The maximum Gasteiger partial charge on any atom is 0.192 e. The third-order valence-electron chi connectivity index (χ3n) is 3.42. The summed E-state index contributed by atoms with van der Waals surface area (Å²) in [4.78, 5) is 7.14. The molecule has 0 aromatic heterocycles. The highest BCUT2D eigenvalue weighted by molar-refractivity contribution is 5.80. The van der Waals surface area contributed by atoms with Crippen molar-refractivity contribution in [3.63, 3.8) is 0 Å². The summed E-state index contributed by atoms with van der Waals surface area (Å²) in [5.41, 5.74) is 0. The Hall–Kier alpha value is -1.25. The van der Waals surface area contributed by atoms with Gasteiger partial charge < -0.3 is 15.4 Å². The van der Waals surface area contributed by atoms with Crippen molar-refractivity contribution in [1.29, 1.82) is 0 Å². The smallest absolute Gasteiger partial charge is 0.192 e. The van der Waals surface area contributed by atoms with Crippen LogP contribution in [0.25, 0.3) is 0 Å². The van der Waals surface area contributed by atoms with Crippen LogP contribution in [0.4, 0.5) is 0 Å². The summed E-state index contributed by atoms with van der Waals surface area (Å²) in [6.45, 7) is 12.3. The van der Waals surface area contributed by atoms with E-state index in [1.165, 1.54) is 0 Å². The average Bonchev–Trinajstić information content (AvgIpc) is 2.45. The van der Waals surface area contributed by atoms with Crippen LogP contribution in [0.15, 0.2) is 4.99 Å². The molecule has 0 spiro atoms. The normalized spacial score (nSPS) is 18.6. The molecular weight excluding hydrogens is 252 g/mol. The number of nitrogens with one attached hydrogen (secondary N) is 2. The summed E-state index contributed by atoms with van der Waals surface area (Å²) in [6.07, 6.45) is 5.28. The molecule has 1 rings (SSSR count). The van der Waals surface area contributed by atoms with E-state index in [4.69, 9.17) is 11.2 Å². The maximum absolute atomic E-state index is 5.42. The molecule has 0 aliphatic carbocycles. The summed E-state index contributed by atoms with van der Waals surface area (Å²) in [5, 5.41) is 6.34. The third-order valence-corrected chi connectivity index (χ3v) is 3.42. The summed E-state index contributed by atoms with van der Waals surface area (Å²) >= 11 is 0. The second-order valence-electron chi connectivity index (χ2n) is 5.24. The number of rotatable bonds is 6. The Labute approximate surface area is 123 Å². The van der Waals surface area contributed by atoms with Gasteiger partial charge in [-0.2, -0.15) is 0 Å². The van der Waals surface area contributed by atoms with E-state index in [1.54, 1.807) is 0 Å². The van der Waals surface area contributed by atoms with E-state index in [0.29, 0.717) is 18.5 Å². The van der Waals surface area contributed by atoms with Gasteiger partial charge in [0.2, 0.25) is 0 Å². The van der Waals surface area contributed by atoms with E-state index in [2.05, 4.69) is 47.2 Å². The van der Waals surface area contributed by atoms with Crippen molar-refractivity contribution in [2.45, 2.75) is 26.8 Å². The molecule has 114 valence electrons. The van der Waals surface area contributed by atoms with E-state index >= 15 is 0 Å². The lowest BCUT2D eigenvalue weighted by Crippen LogP contribution is -2.48. The van der Waals surface area contributed by atoms with E-state index in [9.17, 15) is 0 Å². The van der Waals surface area contributed by atoms with Gasteiger partial charge in [-0.15, -0.1) is 6.42 Å². The van der Waals surface area contributed by atoms with Crippen LogP contribution >= 0.6 is 0 Å². The molecule has 1 saturated heterocycles. The van der Waals surface area contributed by atoms with Gasteiger partial charge in [0.15, 0.2) is 5.96 Å². The van der Waals surface area contributed by atoms with Crippen LogP contribution in [0, 0.1) is 18.3 Å². The van der Waals surface area contributed by atoms with Crippen molar-refractivity contribution < 1.29 is 4.74 Å². The van der Waals surface area contributed by atoms with Crippen LogP contribution in [-0.2, 0) is 4.74 Å². The van der Waals surface area contributed by atoms with E-state index in [1.807, 2.05) is 0 Å². The van der Waals surface area contributed by atoms with Crippen molar-refractivity contribution in [3.8, 4) is 12.3 Å². The largest absolute Gasteiger partial charge is 0.379 e. The van der Waals surface area contributed by atoms with Gasteiger partial charge in [-0.3, -0.25) is 9.89 Å². The van der Waals surface area contributed by atoms with Crippen LogP contribution < -0.4 is 10.6 Å². The Balaban J connectivity index is 2.60. The van der Waals surface area contributed by atoms with Crippen LogP contribution in [0.3, 0.4) is 0 Å². The number of terminal acetylenes is 1. The molecule has 5 heteroatoms. The molecule has 1 atom stereocenters. The van der Waals surface area contributed by atoms with Crippen molar-refractivity contribution >= 4 is 5.96 Å². The van der Waals surface area contributed by atoms with E-state index < -0.39 is 0 Å². The fourth-order valence-corrected chi connectivity index (χ4v) is 2.32. The van der Waals surface area contributed by atoms with Crippen molar-refractivity contribution in [3.05, 3.63) is 0 Å². The molecule has 1 unspecified atom stereocenters. The molecule has 0 aromatic carbocycles. The summed E-state index contributed by atoms with van der Waals surface area (Å²) < 4.78 is 5.42. The van der Waals surface area contributed by atoms with Gasteiger partial charge in [0.1, 0.15) is 0 Å². The molecular formula is C15H28N4O. The topological polar surface area (TPSA) is 48.9 Å². The molecule has 0 amide bonds. The lowest BCUT2D eigenvalue weighted by atomic mass is 10.0. The minimum Gasteiger partial charge on any atom is -0.379 e. The quantitative estimate of drug-likeness (QED) is 0.423. The Morgan fingerprint density at radius 2 is 2.05 bits per heavy atom. The first-order valence-corrected chi connectivity index (χ1v) is 7.46. The minimum atomic E-state index is 0.445. The highest BCUT2D eigenvalue weighted by Gasteiger charge is 2.23. The Kier molecular flexibility index (Phi) is 8.08. The predicted octanol–water partition coefficient (Wildman–Crippen LogP) is 0.532. The molecule has 0 saturated carbocycles. The number of hydrogen-bond donors (Lipinski definition) is 2. The first-order valence-electron chi connectivity index (χ1n) is 7.46. The SMILES string of the molecule is C#CCNC(=NCC(C(C)C)N1CCOCC1)NCC. The molecule has 1 fully saturated rings. The summed E-state index contributed by atoms with van der Waals surface area (Å²) in [6, 6.07) is 0.445. The molecule has 1 aliphatic heterocycles. The lowest BCUT2D eigenvalue weighted by Gasteiger charge is -2.36. The Morgan fingerprint density at radius 3 is 2.60 bits per heavy atom. The summed E-state index contributed by atoms with van der Waals surface area (Å²) in [5.74, 6) is 3.93. The first-order chi connectivity index (χ1) is 9.69. The fraction of sp³-hybridized carbons (Fsp3) is 0.800. The van der Waals surface area contributed by atoms with Gasteiger partial charge in [0.05, 0.1) is 26.3 Å². The first kappa shape index (κ1) is 16.8. The molecule has 0 aromatic rings. The standard InChI is InChI=1S/C15H28N4O/c1-5-7-17-15(16-6-2)18-12-14(13(3)4)19-8-10-20-11-9-19/h1,13-14H,6-12H2,2-4H3,(H2,16,17,18). The fourth-order valence-electron chi connectivity index (χ4n) is 2.32. The van der Waals surface area contributed by atoms with Crippen LogP contribution in [0.5, 0.6) is 0 Å². The van der Waals surface area contributed by atoms with Gasteiger partial charge >= 0.3 is 0 Å². The van der Waals surface area contributed by atoms with Gasteiger partial charge in [-0.25, -0.2) is 0 Å². The monoisotopic (exact) mass is 280 g/mol. The lowest BCUT2D eigenvalue weighted by molar-refractivity contribution is 0.00867. The number of aliphatic imine (C=N–C) groups is 1. The molecule has 5 nitrogen and oxygen atoms in total. The van der Waals surface area contributed by atoms with Crippen LogP contribution in [0.1, 0.15) is 20.8 Å². The second kappa shape index (κ2) is 9.62. The van der Waals surface area contributed by atoms with Gasteiger partial charge in [-0.1, -0.05) is 19.8 Å². The number of nitrogens with zero attached hydrogens (tertiary/aromatic N) is 2. The molecule has 2 N–H and O–H groups in total. The highest BCUT2D eigenvalue weighted by atomic mass is 16.5. The van der Waals surface area contributed by atoms with Gasteiger partial charge in [-0.05, 0) is 12.8 Å². The van der Waals surface area contributed by atoms with Gasteiger partial charge in [0, 0.05) is 25.7 Å². The molecule has 1 aliphatic rings. The van der Waals surface area contributed by atoms with E-state index in [0.717, 1.165) is 45.4 Å². The van der Waals surface area contributed by atoms with Gasteiger partial charge in [0.25, 0.3) is 0 Å². The number of ether oxygens (including phenoxy) is 1. The minimum absolute atomic E-state index is 0.445.